The predicted molar refractivity (Wildman–Crippen MR) is 69.9 cm³/mol. The lowest BCUT2D eigenvalue weighted by atomic mass is 9.54. The summed E-state index contributed by atoms with van der Waals surface area (Å²) in [6.07, 6.45) is 4.95. The second-order valence-electron chi connectivity index (χ2n) is 5.29. The van der Waals surface area contributed by atoms with Crippen LogP contribution in [0.5, 0.6) is 0 Å². The van der Waals surface area contributed by atoms with Crippen LogP contribution in [0.2, 0.25) is 0 Å². The van der Waals surface area contributed by atoms with Gasteiger partial charge in [-0.15, -0.1) is 0 Å². The van der Waals surface area contributed by atoms with E-state index in [2.05, 4.69) is 41.5 Å². The van der Waals surface area contributed by atoms with Crippen LogP contribution in [-0.2, 0) is 0 Å². The Hall–Kier alpha value is -0.0400. The van der Waals surface area contributed by atoms with E-state index in [4.69, 9.17) is 5.73 Å². The SMILES string of the molecule is CC[C@@H](C)C(CC)(CC)C(C)(CC)CN. The van der Waals surface area contributed by atoms with Crippen molar-refractivity contribution in [1.29, 1.82) is 0 Å². The summed E-state index contributed by atoms with van der Waals surface area (Å²) in [5, 5.41) is 0. The van der Waals surface area contributed by atoms with Gasteiger partial charge in [-0.25, -0.2) is 0 Å². The van der Waals surface area contributed by atoms with Gasteiger partial charge < -0.3 is 5.73 Å². The van der Waals surface area contributed by atoms with Crippen LogP contribution >= 0.6 is 0 Å². The predicted octanol–water partition coefficient (Wildman–Crippen LogP) is 4.21. The van der Waals surface area contributed by atoms with Crippen LogP contribution in [0.4, 0.5) is 0 Å². The Bertz CT molecular complexity index is 166. The summed E-state index contributed by atoms with van der Waals surface area (Å²) < 4.78 is 0. The van der Waals surface area contributed by atoms with E-state index in [0.717, 1.165) is 12.5 Å². The smallest absolute Gasteiger partial charge is 0.00179 e. The third-order valence-electron chi connectivity index (χ3n) is 5.25. The Morgan fingerprint density at radius 1 is 1.00 bits per heavy atom. The first-order chi connectivity index (χ1) is 6.97. The summed E-state index contributed by atoms with van der Waals surface area (Å²) in [6, 6.07) is 0. The molecule has 0 saturated heterocycles. The van der Waals surface area contributed by atoms with Crippen LogP contribution in [0.25, 0.3) is 0 Å². The van der Waals surface area contributed by atoms with Crippen molar-refractivity contribution >= 4 is 0 Å². The molecule has 0 aliphatic heterocycles. The lowest BCUT2D eigenvalue weighted by Crippen LogP contribution is -2.48. The Morgan fingerprint density at radius 2 is 1.47 bits per heavy atom. The molecule has 1 heteroatoms. The topological polar surface area (TPSA) is 26.0 Å². The average Bonchev–Trinajstić information content (AvgIpc) is 2.30. The molecule has 1 unspecified atom stereocenters. The molecule has 15 heavy (non-hydrogen) atoms. The number of rotatable bonds is 7. The van der Waals surface area contributed by atoms with Crippen molar-refractivity contribution in [3.05, 3.63) is 0 Å². The maximum absolute atomic E-state index is 6.05. The number of hydrogen-bond donors (Lipinski definition) is 1. The van der Waals surface area contributed by atoms with E-state index in [1.165, 1.54) is 25.7 Å². The van der Waals surface area contributed by atoms with E-state index in [1.807, 2.05) is 0 Å². The average molecular weight is 213 g/mol. The molecule has 0 fully saturated rings. The van der Waals surface area contributed by atoms with Gasteiger partial charge in [0.1, 0.15) is 0 Å². The Labute approximate surface area is 96.8 Å². The molecule has 0 aromatic carbocycles. The van der Waals surface area contributed by atoms with Gasteiger partial charge in [-0.3, -0.25) is 0 Å². The van der Waals surface area contributed by atoms with Gasteiger partial charge in [-0.1, -0.05) is 48.0 Å². The third-order valence-corrected chi connectivity index (χ3v) is 5.25. The molecular formula is C14H31N. The molecule has 0 heterocycles. The van der Waals surface area contributed by atoms with Gasteiger partial charge in [-0.05, 0) is 42.6 Å². The lowest BCUT2D eigenvalue weighted by Gasteiger charge is -2.51. The zero-order chi connectivity index (χ0) is 12.1. The molecule has 2 atom stereocenters. The van der Waals surface area contributed by atoms with Gasteiger partial charge in [0.2, 0.25) is 0 Å². The molecule has 1 nitrogen and oxygen atoms in total. The molecular weight excluding hydrogens is 182 g/mol. The fourth-order valence-corrected chi connectivity index (χ4v) is 3.49. The largest absolute Gasteiger partial charge is 0.330 e. The highest BCUT2D eigenvalue weighted by Crippen LogP contribution is 2.52. The van der Waals surface area contributed by atoms with E-state index < -0.39 is 0 Å². The summed E-state index contributed by atoms with van der Waals surface area (Å²) >= 11 is 0. The highest BCUT2D eigenvalue weighted by molar-refractivity contribution is 4.96. The van der Waals surface area contributed by atoms with Crippen molar-refractivity contribution in [3.63, 3.8) is 0 Å². The van der Waals surface area contributed by atoms with Crippen LogP contribution in [0.3, 0.4) is 0 Å². The first kappa shape index (κ1) is 15.0. The van der Waals surface area contributed by atoms with Gasteiger partial charge in [0.25, 0.3) is 0 Å². The molecule has 0 aromatic heterocycles. The van der Waals surface area contributed by atoms with Crippen molar-refractivity contribution in [3.8, 4) is 0 Å². The van der Waals surface area contributed by atoms with Gasteiger partial charge >= 0.3 is 0 Å². The standard InChI is InChI=1S/C14H31N/c1-7-12(5)14(9-3,10-4)13(6,8-2)11-15/h12H,7-11,15H2,1-6H3/t12-,13?/m1/s1. The molecule has 0 aliphatic rings. The Balaban J connectivity index is 5.23. The Morgan fingerprint density at radius 3 is 1.67 bits per heavy atom. The summed E-state index contributed by atoms with van der Waals surface area (Å²) in [5.41, 5.74) is 6.77. The number of hydrogen-bond acceptors (Lipinski definition) is 1. The highest BCUT2D eigenvalue weighted by atomic mass is 14.6. The molecule has 2 N–H and O–H groups in total. The molecule has 0 radical (unpaired) electrons. The minimum atomic E-state index is 0.298. The maximum Gasteiger partial charge on any atom is -0.00179 e. The van der Waals surface area contributed by atoms with Crippen LogP contribution in [-0.4, -0.2) is 6.54 Å². The molecule has 0 saturated carbocycles. The fourth-order valence-electron chi connectivity index (χ4n) is 3.49. The molecule has 92 valence electrons. The fraction of sp³-hybridized carbons (Fsp3) is 1.00. The van der Waals surface area contributed by atoms with E-state index in [1.54, 1.807) is 0 Å². The van der Waals surface area contributed by atoms with Crippen molar-refractivity contribution in [2.75, 3.05) is 6.54 Å². The quantitative estimate of drug-likeness (QED) is 0.673. The van der Waals surface area contributed by atoms with Crippen molar-refractivity contribution in [1.82, 2.24) is 0 Å². The summed E-state index contributed by atoms with van der Waals surface area (Å²) in [5.74, 6) is 0.765. The maximum atomic E-state index is 6.05. The van der Waals surface area contributed by atoms with Crippen LogP contribution < -0.4 is 5.73 Å². The molecule has 0 aliphatic carbocycles. The van der Waals surface area contributed by atoms with Gasteiger partial charge in [0.05, 0.1) is 0 Å². The first-order valence-corrected chi connectivity index (χ1v) is 6.68. The zero-order valence-corrected chi connectivity index (χ0v) is 11.7. The van der Waals surface area contributed by atoms with Crippen LogP contribution in [0.1, 0.15) is 67.2 Å². The van der Waals surface area contributed by atoms with E-state index in [0.29, 0.717) is 10.8 Å². The molecule has 0 spiro atoms. The van der Waals surface area contributed by atoms with Crippen molar-refractivity contribution < 1.29 is 0 Å². The molecule has 0 rings (SSSR count). The van der Waals surface area contributed by atoms with E-state index in [9.17, 15) is 0 Å². The summed E-state index contributed by atoms with van der Waals surface area (Å²) in [4.78, 5) is 0. The van der Waals surface area contributed by atoms with Gasteiger partial charge in [-0.2, -0.15) is 0 Å². The second kappa shape index (κ2) is 5.89. The van der Waals surface area contributed by atoms with E-state index >= 15 is 0 Å². The second-order valence-corrected chi connectivity index (χ2v) is 5.29. The zero-order valence-electron chi connectivity index (χ0n) is 11.7. The normalized spacial score (nSPS) is 18.6. The number of nitrogens with two attached hydrogens (primary N) is 1. The minimum Gasteiger partial charge on any atom is -0.330 e. The minimum absolute atomic E-state index is 0.298. The van der Waals surface area contributed by atoms with E-state index in [-0.39, 0.29) is 0 Å². The highest BCUT2D eigenvalue weighted by Gasteiger charge is 2.46. The van der Waals surface area contributed by atoms with Crippen LogP contribution in [0, 0.1) is 16.7 Å². The molecule has 0 amide bonds. The molecule has 0 bridgehead atoms. The summed E-state index contributed by atoms with van der Waals surface area (Å²) in [7, 11) is 0. The van der Waals surface area contributed by atoms with Gasteiger partial charge in [0, 0.05) is 0 Å². The van der Waals surface area contributed by atoms with Crippen molar-refractivity contribution in [2.45, 2.75) is 67.2 Å². The van der Waals surface area contributed by atoms with Gasteiger partial charge in [0.15, 0.2) is 0 Å². The monoisotopic (exact) mass is 213 g/mol. The first-order valence-electron chi connectivity index (χ1n) is 6.68. The van der Waals surface area contributed by atoms with Crippen LogP contribution in [0.15, 0.2) is 0 Å². The lowest BCUT2D eigenvalue weighted by molar-refractivity contribution is -0.0128. The Kier molecular flexibility index (Phi) is 5.87. The molecule has 0 aromatic rings. The third kappa shape index (κ3) is 2.38. The van der Waals surface area contributed by atoms with Crippen molar-refractivity contribution in [2.24, 2.45) is 22.5 Å². The summed E-state index contributed by atoms with van der Waals surface area (Å²) in [6.45, 7) is 14.9.